The van der Waals surface area contributed by atoms with Crippen LogP contribution in [0.1, 0.15) is 0 Å². The second kappa shape index (κ2) is 6.89. The van der Waals surface area contributed by atoms with Crippen molar-refractivity contribution in [1.29, 1.82) is 5.26 Å². The van der Waals surface area contributed by atoms with Gasteiger partial charge in [0.15, 0.2) is 0 Å². The van der Waals surface area contributed by atoms with Gasteiger partial charge in [-0.25, -0.2) is 30.7 Å². The number of nitrogens with zero attached hydrogens (tertiary/aromatic N) is 2. The van der Waals surface area contributed by atoms with Crippen LogP contribution >= 0.6 is 0 Å². The summed E-state index contributed by atoms with van der Waals surface area (Å²) in [5.74, 6) is 0. The van der Waals surface area contributed by atoms with Gasteiger partial charge in [-0.05, 0) is 0 Å². The van der Waals surface area contributed by atoms with Crippen molar-refractivity contribution >= 4 is 18.1 Å². The fourth-order valence-electron chi connectivity index (χ4n) is 0.310. The molecule has 10 nitrogen and oxygen atoms in total. The van der Waals surface area contributed by atoms with Crippen molar-refractivity contribution < 1.29 is 19.2 Å². The minimum absolute atomic E-state index is 0.972. The van der Waals surface area contributed by atoms with Crippen LogP contribution < -0.4 is 21.8 Å². The summed E-state index contributed by atoms with van der Waals surface area (Å²) in [5, 5.41) is 10.5. The number of hydrazine groups is 1. The summed E-state index contributed by atoms with van der Waals surface area (Å²) in [6.07, 6.45) is 2.18. The zero-order valence-corrected chi connectivity index (χ0v) is 6.53. The van der Waals surface area contributed by atoms with Crippen molar-refractivity contribution in [1.82, 2.24) is 21.8 Å². The van der Waals surface area contributed by atoms with E-state index in [2.05, 4.69) is 9.94 Å². The van der Waals surface area contributed by atoms with Crippen LogP contribution in [0, 0.1) is 11.5 Å². The number of carbonyl (C=O) groups is 2. The monoisotopic (exact) mass is 200 g/mol. The zero-order chi connectivity index (χ0) is 10.8. The molecular formula is C4H4N6O4. The van der Waals surface area contributed by atoms with Crippen LogP contribution in [0.5, 0.6) is 0 Å². The Morgan fingerprint density at radius 2 is 1.93 bits per heavy atom. The summed E-state index contributed by atoms with van der Waals surface area (Å²) < 4.78 is 0. The standard InChI is InChI=1S/C4H4N6O4/c5-1-14-10-4(13)9-8-3(12)7-6-2-11/h(H2,7,8,12)(H2,9,10,13). The Morgan fingerprint density at radius 1 is 1.29 bits per heavy atom. The minimum atomic E-state index is -0.989. The first kappa shape index (κ1) is 11.2. The lowest BCUT2D eigenvalue weighted by Gasteiger charge is -2.04. The van der Waals surface area contributed by atoms with Gasteiger partial charge in [0, 0.05) is 0 Å². The average molecular weight is 200 g/mol. The van der Waals surface area contributed by atoms with Crippen molar-refractivity contribution in [2.45, 2.75) is 0 Å². The topological polar surface area (TPSA) is 145 Å². The summed E-state index contributed by atoms with van der Waals surface area (Å²) in [6.45, 7) is 0. The van der Waals surface area contributed by atoms with Gasteiger partial charge in [-0.2, -0.15) is 5.48 Å². The molecule has 0 heterocycles. The van der Waals surface area contributed by atoms with E-state index >= 15 is 0 Å². The van der Waals surface area contributed by atoms with Crippen molar-refractivity contribution in [3.8, 4) is 6.26 Å². The molecule has 0 aliphatic heterocycles. The Kier molecular flexibility index (Phi) is 5.52. The molecule has 0 aliphatic carbocycles. The van der Waals surface area contributed by atoms with Gasteiger partial charge in [0.1, 0.15) is 0 Å². The number of amides is 4. The highest BCUT2D eigenvalue weighted by molar-refractivity contribution is 5.79. The second-order valence-corrected chi connectivity index (χ2v) is 1.52. The summed E-state index contributed by atoms with van der Waals surface area (Å²) in [5.41, 5.74) is 6.73. The maximum Gasteiger partial charge on any atom is 0.367 e. The molecule has 10 heteroatoms. The molecule has 4 amide bonds. The first-order chi connectivity index (χ1) is 6.70. The van der Waals surface area contributed by atoms with E-state index < -0.39 is 12.1 Å². The lowest BCUT2D eigenvalue weighted by molar-refractivity contribution is 0.150. The van der Waals surface area contributed by atoms with Crippen molar-refractivity contribution in [2.24, 2.45) is 5.10 Å². The third kappa shape index (κ3) is 5.96. The molecule has 0 bridgehead atoms. The van der Waals surface area contributed by atoms with E-state index in [0.717, 1.165) is 12.3 Å². The highest BCUT2D eigenvalue weighted by Gasteiger charge is 2.01. The van der Waals surface area contributed by atoms with Crippen LogP contribution in [0.2, 0.25) is 0 Å². The summed E-state index contributed by atoms with van der Waals surface area (Å²) in [6, 6.07) is -1.96. The van der Waals surface area contributed by atoms with Gasteiger partial charge in [0.05, 0.1) is 0 Å². The number of urea groups is 2. The number of hydrogen-bond acceptors (Lipinski definition) is 6. The van der Waals surface area contributed by atoms with Crippen LogP contribution in [0.4, 0.5) is 9.59 Å². The van der Waals surface area contributed by atoms with E-state index in [1.807, 2.05) is 0 Å². The maximum atomic E-state index is 10.5. The third-order valence-electron chi connectivity index (χ3n) is 0.682. The summed E-state index contributed by atoms with van der Waals surface area (Å²) >= 11 is 0. The van der Waals surface area contributed by atoms with Gasteiger partial charge >= 0.3 is 18.3 Å². The molecule has 0 unspecified atom stereocenters. The summed E-state index contributed by atoms with van der Waals surface area (Å²) in [4.78, 5) is 34.4. The Hall–Kier alpha value is -2.79. The molecule has 74 valence electrons. The Morgan fingerprint density at radius 3 is 2.50 bits per heavy atom. The largest absolute Gasteiger partial charge is 0.367 e. The molecule has 0 saturated carbocycles. The lowest BCUT2D eigenvalue weighted by Crippen LogP contribution is -2.49. The first-order valence-corrected chi connectivity index (χ1v) is 2.94. The maximum absolute atomic E-state index is 10.5. The Balaban J connectivity index is 3.61. The molecule has 0 aromatic rings. The van der Waals surface area contributed by atoms with Gasteiger partial charge < -0.3 is 0 Å². The predicted molar refractivity (Wildman–Crippen MR) is 38.2 cm³/mol. The number of hydrogen-bond donors (Lipinski definition) is 4. The van der Waals surface area contributed by atoms with Crippen LogP contribution in [-0.2, 0) is 9.63 Å². The van der Waals surface area contributed by atoms with Crippen LogP contribution in [-0.4, -0.2) is 18.1 Å². The van der Waals surface area contributed by atoms with Gasteiger partial charge in [-0.1, -0.05) is 5.10 Å². The molecule has 0 rings (SSSR count). The smallest absolute Gasteiger partial charge is 0.297 e. The fraction of sp³-hybridized carbons (Fsp3) is 0. The number of hydrazone groups is 1. The molecule has 0 atom stereocenters. The molecule has 14 heavy (non-hydrogen) atoms. The van der Waals surface area contributed by atoms with Crippen LogP contribution in [0.3, 0.4) is 0 Å². The highest BCUT2D eigenvalue weighted by atomic mass is 16.6. The van der Waals surface area contributed by atoms with E-state index in [4.69, 9.17) is 5.26 Å². The molecule has 0 spiro atoms. The molecule has 4 N–H and O–H groups in total. The third-order valence-corrected chi connectivity index (χ3v) is 0.682. The minimum Gasteiger partial charge on any atom is -0.297 e. The van der Waals surface area contributed by atoms with E-state index in [0.29, 0.717) is 0 Å². The molecule has 0 saturated heterocycles. The van der Waals surface area contributed by atoms with E-state index in [1.54, 1.807) is 21.8 Å². The normalized spacial score (nSPS) is 7.07. The number of nitriles is 1. The van der Waals surface area contributed by atoms with Crippen LogP contribution in [0.15, 0.2) is 5.10 Å². The molecule has 0 aromatic carbocycles. The molecular weight excluding hydrogens is 196 g/mol. The van der Waals surface area contributed by atoms with E-state index in [1.165, 1.54) is 0 Å². The second-order valence-electron chi connectivity index (χ2n) is 1.52. The first-order valence-electron chi connectivity index (χ1n) is 2.94. The van der Waals surface area contributed by atoms with E-state index in [9.17, 15) is 14.4 Å². The Bertz CT molecular complexity index is 301. The lowest BCUT2D eigenvalue weighted by atomic mass is 11.0. The fourth-order valence-corrected chi connectivity index (χ4v) is 0.310. The predicted octanol–water partition coefficient (Wildman–Crippen LogP) is -1.84. The van der Waals surface area contributed by atoms with Crippen molar-refractivity contribution in [3.05, 3.63) is 0 Å². The number of isocyanates is 1. The molecule has 0 aliphatic rings. The van der Waals surface area contributed by atoms with Crippen molar-refractivity contribution in [2.75, 3.05) is 0 Å². The SMILES string of the molecule is N#CONC(=O)NNC(=O)NN=C=O. The number of nitrogens with one attached hydrogen (secondary N) is 4. The molecule has 0 radical (unpaired) electrons. The van der Waals surface area contributed by atoms with Gasteiger partial charge in [-0.3, -0.25) is 4.84 Å². The number of hydroxylamine groups is 1. The summed E-state index contributed by atoms with van der Waals surface area (Å²) in [7, 11) is 0. The average Bonchev–Trinajstić information content (AvgIpc) is 2.20. The van der Waals surface area contributed by atoms with E-state index in [-0.39, 0.29) is 0 Å². The molecule has 0 fully saturated rings. The molecule has 0 aromatic heterocycles. The van der Waals surface area contributed by atoms with Gasteiger partial charge in [0.25, 0.3) is 6.08 Å². The number of rotatable bonds is 2. The van der Waals surface area contributed by atoms with Crippen LogP contribution in [0.25, 0.3) is 0 Å². The highest BCUT2D eigenvalue weighted by Crippen LogP contribution is 1.64. The van der Waals surface area contributed by atoms with Crippen molar-refractivity contribution in [3.63, 3.8) is 0 Å². The van der Waals surface area contributed by atoms with Gasteiger partial charge in [0.2, 0.25) is 0 Å². The van der Waals surface area contributed by atoms with Gasteiger partial charge in [-0.15, -0.1) is 5.26 Å². The quantitative estimate of drug-likeness (QED) is 0.179. The zero-order valence-electron chi connectivity index (χ0n) is 6.53. The Labute approximate surface area is 76.8 Å². The number of carbonyl (C=O) groups excluding carboxylic acids is 3.